The van der Waals surface area contributed by atoms with Gasteiger partial charge in [-0.15, -0.1) is 0 Å². The number of ether oxygens (including phenoxy) is 3. The summed E-state index contributed by atoms with van der Waals surface area (Å²) in [6.07, 6.45) is 0. The van der Waals surface area contributed by atoms with E-state index in [-0.39, 0.29) is 11.3 Å². The van der Waals surface area contributed by atoms with Crippen LogP contribution in [-0.2, 0) is 16.2 Å². The van der Waals surface area contributed by atoms with Crippen LogP contribution in [0.5, 0.6) is 17.2 Å². The average molecular weight is 515 g/mol. The lowest BCUT2D eigenvalue weighted by atomic mass is 9.95. The van der Waals surface area contributed by atoms with E-state index in [1.54, 1.807) is 18.2 Å². The summed E-state index contributed by atoms with van der Waals surface area (Å²) < 4.78 is 17.3. The van der Waals surface area contributed by atoms with Gasteiger partial charge in [0.15, 0.2) is 11.5 Å². The molecule has 3 aromatic rings. The fourth-order valence-corrected chi connectivity index (χ4v) is 4.63. The first-order valence-corrected chi connectivity index (χ1v) is 12.5. The summed E-state index contributed by atoms with van der Waals surface area (Å²) in [5.41, 5.74) is 2.10. The minimum Gasteiger partial charge on any atom is -0.507 e. The Morgan fingerprint density at radius 1 is 0.974 bits per heavy atom. The third-order valence-electron chi connectivity index (χ3n) is 6.57. The second kappa shape index (κ2) is 11.0. The van der Waals surface area contributed by atoms with E-state index in [9.17, 15) is 14.7 Å². The zero-order valence-electron chi connectivity index (χ0n) is 21.4. The van der Waals surface area contributed by atoms with E-state index in [0.29, 0.717) is 61.3 Å². The molecule has 0 spiro atoms. The third kappa shape index (κ3) is 5.21. The third-order valence-corrected chi connectivity index (χ3v) is 6.57. The molecule has 1 fully saturated rings. The molecule has 0 aromatic heterocycles. The van der Waals surface area contributed by atoms with E-state index in [1.807, 2.05) is 73.6 Å². The van der Waals surface area contributed by atoms with Crippen molar-refractivity contribution < 1.29 is 28.9 Å². The normalized spacial score (nSPS) is 18.2. The number of Topliss-reactive ketones (excluding diaryl/α,β-unsaturated/α-hetero) is 1. The molecular formula is C30H30N2O6. The van der Waals surface area contributed by atoms with Crippen LogP contribution in [0, 0.1) is 0 Å². The molecule has 0 aliphatic carbocycles. The molecule has 0 bridgehead atoms. The van der Waals surface area contributed by atoms with Crippen molar-refractivity contribution in [2.45, 2.75) is 12.6 Å². The monoisotopic (exact) mass is 514 g/mol. The van der Waals surface area contributed by atoms with E-state index in [2.05, 4.69) is 0 Å². The van der Waals surface area contributed by atoms with Crippen LogP contribution < -0.4 is 14.2 Å². The predicted molar refractivity (Wildman–Crippen MR) is 142 cm³/mol. The quantitative estimate of drug-likeness (QED) is 0.276. The van der Waals surface area contributed by atoms with Gasteiger partial charge in [0.05, 0.1) is 11.6 Å². The van der Waals surface area contributed by atoms with Crippen molar-refractivity contribution in [3.63, 3.8) is 0 Å². The molecule has 196 valence electrons. The van der Waals surface area contributed by atoms with E-state index >= 15 is 0 Å². The number of aliphatic hydroxyl groups is 1. The lowest BCUT2D eigenvalue weighted by Crippen LogP contribution is -2.35. The highest BCUT2D eigenvalue weighted by atomic mass is 16.6. The molecular weight excluding hydrogens is 484 g/mol. The summed E-state index contributed by atoms with van der Waals surface area (Å²) in [5.74, 6) is 0.0227. The van der Waals surface area contributed by atoms with Crippen LogP contribution in [0.4, 0.5) is 0 Å². The van der Waals surface area contributed by atoms with E-state index < -0.39 is 17.7 Å². The molecule has 1 N–H and O–H groups in total. The van der Waals surface area contributed by atoms with E-state index in [0.717, 1.165) is 5.56 Å². The maximum atomic E-state index is 13.3. The van der Waals surface area contributed by atoms with Crippen LogP contribution in [0.2, 0.25) is 0 Å². The van der Waals surface area contributed by atoms with Gasteiger partial charge in [-0.2, -0.15) is 0 Å². The molecule has 8 heteroatoms. The molecule has 3 aromatic carbocycles. The molecule has 2 heterocycles. The number of hydrogen-bond donors (Lipinski definition) is 1. The number of aliphatic hydroxyl groups excluding tert-OH is 1. The highest BCUT2D eigenvalue weighted by Crippen LogP contribution is 2.41. The topological polar surface area (TPSA) is 88.5 Å². The second-order valence-corrected chi connectivity index (χ2v) is 9.50. The lowest BCUT2D eigenvalue weighted by molar-refractivity contribution is -0.140. The van der Waals surface area contributed by atoms with Gasteiger partial charge < -0.3 is 29.1 Å². The maximum Gasteiger partial charge on any atom is 0.295 e. The molecule has 1 atom stereocenters. The Morgan fingerprint density at radius 3 is 2.50 bits per heavy atom. The van der Waals surface area contributed by atoms with Gasteiger partial charge in [0, 0.05) is 18.7 Å². The van der Waals surface area contributed by atoms with Gasteiger partial charge in [0.2, 0.25) is 0 Å². The van der Waals surface area contributed by atoms with Gasteiger partial charge in [-0.05, 0) is 55.6 Å². The average Bonchev–Trinajstić information content (AvgIpc) is 3.20. The Kier molecular flexibility index (Phi) is 7.33. The van der Waals surface area contributed by atoms with Gasteiger partial charge in [-0.3, -0.25) is 9.59 Å². The van der Waals surface area contributed by atoms with Crippen LogP contribution in [0.3, 0.4) is 0 Å². The molecule has 2 aliphatic rings. The molecule has 2 aliphatic heterocycles. The summed E-state index contributed by atoms with van der Waals surface area (Å²) in [7, 11) is 3.80. The molecule has 1 saturated heterocycles. The Bertz CT molecular complexity index is 1370. The van der Waals surface area contributed by atoms with Crippen molar-refractivity contribution in [3.8, 4) is 17.2 Å². The van der Waals surface area contributed by atoms with Gasteiger partial charge in [0.25, 0.3) is 11.7 Å². The molecule has 1 amide bonds. The first-order valence-electron chi connectivity index (χ1n) is 12.5. The van der Waals surface area contributed by atoms with Crippen molar-refractivity contribution >= 4 is 17.4 Å². The van der Waals surface area contributed by atoms with Crippen molar-refractivity contribution in [1.82, 2.24) is 9.80 Å². The number of amides is 1. The summed E-state index contributed by atoms with van der Waals surface area (Å²) in [6.45, 7) is 2.08. The van der Waals surface area contributed by atoms with Crippen molar-refractivity contribution in [2.75, 3.05) is 40.4 Å². The molecule has 8 nitrogen and oxygen atoms in total. The number of ketones is 1. The number of carbonyl (C=O) groups is 2. The highest BCUT2D eigenvalue weighted by molar-refractivity contribution is 6.46. The zero-order chi connectivity index (χ0) is 26.6. The molecule has 5 rings (SSSR count). The number of likely N-dealkylation sites (N-methyl/N-ethyl adjacent to an activating group) is 1. The molecule has 38 heavy (non-hydrogen) atoms. The molecule has 0 radical (unpaired) electrons. The van der Waals surface area contributed by atoms with Crippen molar-refractivity contribution in [1.29, 1.82) is 0 Å². The van der Waals surface area contributed by atoms with Gasteiger partial charge in [0.1, 0.15) is 31.3 Å². The summed E-state index contributed by atoms with van der Waals surface area (Å²) in [5, 5.41) is 11.4. The molecule has 0 unspecified atom stereocenters. The maximum absolute atomic E-state index is 13.3. The standard InChI is InChI=1S/C30H30N2O6/c1-31(2)13-14-32-27(21-9-6-10-23(17-21)38-19-20-7-4-3-5-8-20)26(29(34)30(32)35)28(33)22-11-12-24-25(18-22)37-16-15-36-24/h3-12,17-18,27,33H,13-16,19H2,1-2H3/t27-/m1/s1. The van der Waals surface area contributed by atoms with Crippen LogP contribution in [0.15, 0.2) is 78.4 Å². The fraction of sp³-hybridized carbons (Fsp3) is 0.267. The Morgan fingerprint density at radius 2 is 1.74 bits per heavy atom. The van der Waals surface area contributed by atoms with Gasteiger partial charge in [-0.25, -0.2) is 0 Å². The number of fused-ring (bicyclic) bond motifs is 1. The Labute approximate surface area is 221 Å². The number of nitrogens with zero attached hydrogens (tertiary/aromatic N) is 2. The zero-order valence-corrected chi connectivity index (χ0v) is 21.4. The van der Waals surface area contributed by atoms with Crippen molar-refractivity contribution in [2.24, 2.45) is 0 Å². The van der Waals surface area contributed by atoms with Crippen LogP contribution in [0.1, 0.15) is 22.7 Å². The summed E-state index contributed by atoms with van der Waals surface area (Å²) in [4.78, 5) is 30.0. The lowest BCUT2D eigenvalue weighted by Gasteiger charge is -2.27. The van der Waals surface area contributed by atoms with Crippen molar-refractivity contribution in [3.05, 3.63) is 95.1 Å². The largest absolute Gasteiger partial charge is 0.507 e. The molecule has 0 saturated carbocycles. The number of likely N-dealkylation sites (tertiary alicyclic amines) is 1. The van der Waals surface area contributed by atoms with Gasteiger partial charge >= 0.3 is 0 Å². The summed E-state index contributed by atoms with van der Waals surface area (Å²) >= 11 is 0. The Hall–Kier alpha value is -4.30. The smallest absolute Gasteiger partial charge is 0.295 e. The minimum atomic E-state index is -0.775. The van der Waals surface area contributed by atoms with Gasteiger partial charge in [-0.1, -0.05) is 42.5 Å². The van der Waals surface area contributed by atoms with Crippen LogP contribution in [0.25, 0.3) is 5.76 Å². The number of rotatable bonds is 8. The fourth-order valence-electron chi connectivity index (χ4n) is 4.63. The first kappa shape index (κ1) is 25.4. The second-order valence-electron chi connectivity index (χ2n) is 9.50. The summed E-state index contributed by atoms with van der Waals surface area (Å²) in [6, 6.07) is 21.3. The van der Waals surface area contributed by atoms with Crippen LogP contribution >= 0.6 is 0 Å². The SMILES string of the molecule is CN(C)CCN1C(=O)C(=O)C(=C(O)c2ccc3c(c2)OCCO3)[C@H]1c1cccc(OCc2ccccc2)c1. The van der Waals surface area contributed by atoms with Crippen LogP contribution in [-0.4, -0.2) is 67.0 Å². The van der Waals surface area contributed by atoms with E-state index in [4.69, 9.17) is 14.2 Å². The highest BCUT2D eigenvalue weighted by Gasteiger charge is 2.46. The van der Waals surface area contributed by atoms with E-state index in [1.165, 1.54) is 4.90 Å². The minimum absolute atomic E-state index is 0.0330. The number of hydrogen-bond acceptors (Lipinski definition) is 7. The Balaban J connectivity index is 1.53. The predicted octanol–water partition coefficient (Wildman–Crippen LogP) is 4.02. The number of carbonyl (C=O) groups excluding carboxylic acids is 2. The number of benzene rings is 3. The first-order chi connectivity index (χ1) is 18.4.